The number of carbonyl (C=O) groups is 2. The van der Waals surface area contributed by atoms with Gasteiger partial charge in [-0.15, -0.1) is 0 Å². The molecular weight excluding hydrogens is 422 g/mol. The van der Waals surface area contributed by atoms with Gasteiger partial charge in [-0.2, -0.15) is 0 Å². The minimum Gasteiger partial charge on any atom is -0.339 e. The first-order valence-electron chi connectivity index (χ1n) is 13.2. The molecule has 0 aromatic heterocycles. The molecule has 2 saturated heterocycles. The Labute approximate surface area is 202 Å². The smallest absolute Gasteiger partial charge is 0.254 e. The fourth-order valence-corrected chi connectivity index (χ4v) is 6.26. The number of nitrogens with zero attached hydrogens (tertiary/aromatic N) is 3. The maximum Gasteiger partial charge on any atom is 0.254 e. The van der Waals surface area contributed by atoms with Crippen LogP contribution in [0.3, 0.4) is 0 Å². The average molecular weight is 458 g/mol. The Hall–Kier alpha value is -2.66. The summed E-state index contributed by atoms with van der Waals surface area (Å²) in [5, 5.41) is 0. The number of rotatable bonds is 4. The maximum absolute atomic E-state index is 13.4. The molecule has 5 heteroatoms. The molecule has 5 nitrogen and oxygen atoms in total. The van der Waals surface area contributed by atoms with Gasteiger partial charge < -0.3 is 14.7 Å². The van der Waals surface area contributed by atoms with E-state index in [1.807, 2.05) is 35.2 Å². The number of hydrogen-bond donors (Lipinski definition) is 0. The molecule has 3 fully saturated rings. The number of piperidine rings is 1. The van der Waals surface area contributed by atoms with Crippen LogP contribution in [-0.4, -0.2) is 71.3 Å². The van der Waals surface area contributed by atoms with Crippen LogP contribution < -0.4 is 0 Å². The van der Waals surface area contributed by atoms with E-state index in [4.69, 9.17) is 0 Å². The van der Waals surface area contributed by atoms with Crippen molar-refractivity contribution in [1.82, 2.24) is 14.7 Å². The summed E-state index contributed by atoms with van der Waals surface area (Å²) in [7, 11) is 0. The van der Waals surface area contributed by atoms with Crippen LogP contribution in [0.5, 0.6) is 0 Å². The molecule has 0 bridgehead atoms. The first-order chi connectivity index (χ1) is 16.7. The summed E-state index contributed by atoms with van der Waals surface area (Å²) in [4.78, 5) is 32.7. The monoisotopic (exact) mass is 457 g/mol. The van der Waals surface area contributed by atoms with Gasteiger partial charge in [0.15, 0.2) is 0 Å². The van der Waals surface area contributed by atoms with Gasteiger partial charge in [0.05, 0.1) is 0 Å². The molecule has 1 saturated carbocycles. The Morgan fingerprint density at radius 1 is 0.735 bits per heavy atom. The van der Waals surface area contributed by atoms with Gasteiger partial charge in [0, 0.05) is 55.9 Å². The lowest BCUT2D eigenvalue weighted by Crippen LogP contribution is -2.52. The quantitative estimate of drug-likeness (QED) is 0.674. The summed E-state index contributed by atoms with van der Waals surface area (Å²) in [6, 6.07) is 15.4. The molecule has 0 N–H and O–H groups in total. The van der Waals surface area contributed by atoms with Crippen LogP contribution in [-0.2, 0) is 6.42 Å². The third-order valence-corrected chi connectivity index (χ3v) is 8.61. The highest BCUT2D eigenvalue weighted by Crippen LogP contribution is 2.32. The van der Waals surface area contributed by atoms with E-state index in [2.05, 4.69) is 21.9 Å². The fraction of sp³-hybridized carbons (Fsp3) is 0.517. The predicted octanol–water partition coefficient (Wildman–Crippen LogP) is 4.60. The highest BCUT2D eigenvalue weighted by Gasteiger charge is 2.34. The van der Waals surface area contributed by atoms with Crippen molar-refractivity contribution in [2.24, 2.45) is 0 Å². The standard InChI is InChI=1S/C29H35N3O2/c33-28(31-15-1-2-16-31)22-8-6-21(7-9-22)23-10-11-27-24(20-23)12-19-32(29(27)34)26-13-17-30(18-14-26)25-4-3-5-25/h6-11,20,25-26H,1-5,12-19H2. The van der Waals surface area contributed by atoms with Crippen LogP contribution in [0.1, 0.15) is 71.2 Å². The molecule has 0 unspecified atom stereocenters. The minimum absolute atomic E-state index is 0.138. The van der Waals surface area contributed by atoms with Crippen molar-refractivity contribution >= 4 is 11.8 Å². The van der Waals surface area contributed by atoms with E-state index >= 15 is 0 Å². The van der Waals surface area contributed by atoms with Crippen LogP contribution in [0.25, 0.3) is 11.1 Å². The summed E-state index contributed by atoms with van der Waals surface area (Å²) in [5.74, 6) is 0.347. The average Bonchev–Trinajstić information content (AvgIpc) is 3.38. The largest absolute Gasteiger partial charge is 0.339 e. The van der Waals surface area contributed by atoms with E-state index in [1.165, 1.54) is 19.3 Å². The molecule has 2 amide bonds. The lowest BCUT2D eigenvalue weighted by Gasteiger charge is -2.45. The number of benzene rings is 2. The van der Waals surface area contributed by atoms with Crippen LogP contribution in [0.2, 0.25) is 0 Å². The zero-order valence-corrected chi connectivity index (χ0v) is 20.0. The maximum atomic E-state index is 13.4. The minimum atomic E-state index is 0.138. The Kier molecular flexibility index (Phi) is 5.90. The third-order valence-electron chi connectivity index (χ3n) is 8.61. The van der Waals surface area contributed by atoms with Crippen molar-refractivity contribution in [3.63, 3.8) is 0 Å². The van der Waals surface area contributed by atoms with Gasteiger partial charge in [-0.1, -0.05) is 30.7 Å². The molecule has 2 aromatic rings. The van der Waals surface area contributed by atoms with Crippen molar-refractivity contribution in [3.05, 3.63) is 59.2 Å². The summed E-state index contributed by atoms with van der Waals surface area (Å²) >= 11 is 0. The Morgan fingerprint density at radius 2 is 1.44 bits per heavy atom. The molecule has 0 spiro atoms. The van der Waals surface area contributed by atoms with Gasteiger partial charge in [-0.3, -0.25) is 9.59 Å². The van der Waals surface area contributed by atoms with Crippen molar-refractivity contribution < 1.29 is 9.59 Å². The molecule has 2 aromatic carbocycles. The van der Waals surface area contributed by atoms with Gasteiger partial charge in [0.2, 0.25) is 0 Å². The Bertz CT molecular complexity index is 1060. The van der Waals surface area contributed by atoms with Gasteiger partial charge in [-0.05, 0) is 79.8 Å². The molecule has 34 heavy (non-hydrogen) atoms. The number of likely N-dealkylation sites (tertiary alicyclic amines) is 2. The van der Waals surface area contributed by atoms with E-state index < -0.39 is 0 Å². The second kappa shape index (κ2) is 9.18. The van der Waals surface area contributed by atoms with Gasteiger partial charge >= 0.3 is 0 Å². The predicted molar refractivity (Wildman–Crippen MR) is 134 cm³/mol. The fourth-order valence-electron chi connectivity index (χ4n) is 6.26. The van der Waals surface area contributed by atoms with Gasteiger partial charge in [0.1, 0.15) is 0 Å². The summed E-state index contributed by atoms with van der Waals surface area (Å²) in [5.41, 5.74) is 5.01. The van der Waals surface area contributed by atoms with Crippen LogP contribution in [0, 0.1) is 0 Å². The Morgan fingerprint density at radius 3 is 2.12 bits per heavy atom. The van der Waals surface area contributed by atoms with Gasteiger partial charge in [-0.25, -0.2) is 0 Å². The van der Waals surface area contributed by atoms with Crippen molar-refractivity contribution in [2.45, 2.75) is 63.5 Å². The highest BCUT2D eigenvalue weighted by atomic mass is 16.2. The molecule has 3 heterocycles. The van der Waals surface area contributed by atoms with Crippen LogP contribution >= 0.6 is 0 Å². The number of amides is 2. The van der Waals surface area contributed by atoms with Crippen LogP contribution in [0.15, 0.2) is 42.5 Å². The van der Waals surface area contributed by atoms with E-state index in [9.17, 15) is 9.59 Å². The summed E-state index contributed by atoms with van der Waals surface area (Å²) in [6.45, 7) is 4.85. The summed E-state index contributed by atoms with van der Waals surface area (Å²) in [6.07, 6.45) is 9.46. The van der Waals surface area contributed by atoms with E-state index in [-0.39, 0.29) is 11.8 Å². The molecular formula is C29H35N3O2. The van der Waals surface area contributed by atoms with Crippen molar-refractivity contribution in [1.29, 1.82) is 0 Å². The molecule has 0 atom stereocenters. The normalized spacial score (nSPS) is 22.1. The zero-order chi connectivity index (χ0) is 23.1. The molecule has 3 aliphatic heterocycles. The van der Waals surface area contributed by atoms with Gasteiger partial charge in [0.25, 0.3) is 11.8 Å². The van der Waals surface area contributed by atoms with Crippen molar-refractivity contribution in [3.8, 4) is 11.1 Å². The molecule has 6 rings (SSSR count). The lowest BCUT2D eigenvalue weighted by atomic mass is 9.88. The molecule has 4 aliphatic rings. The molecule has 0 radical (unpaired) electrons. The molecule has 1 aliphatic carbocycles. The van der Waals surface area contributed by atoms with Crippen LogP contribution in [0.4, 0.5) is 0 Å². The van der Waals surface area contributed by atoms with Crippen molar-refractivity contribution in [2.75, 3.05) is 32.7 Å². The second-order valence-electron chi connectivity index (χ2n) is 10.5. The second-order valence-corrected chi connectivity index (χ2v) is 10.5. The lowest BCUT2D eigenvalue weighted by molar-refractivity contribution is 0.0415. The zero-order valence-electron chi connectivity index (χ0n) is 20.0. The highest BCUT2D eigenvalue weighted by molar-refractivity contribution is 5.98. The number of hydrogen-bond acceptors (Lipinski definition) is 3. The summed E-state index contributed by atoms with van der Waals surface area (Å²) < 4.78 is 0. The van der Waals surface area contributed by atoms with E-state index in [1.54, 1.807) is 0 Å². The molecule has 178 valence electrons. The topological polar surface area (TPSA) is 43.9 Å². The van der Waals surface area contributed by atoms with E-state index in [0.29, 0.717) is 6.04 Å². The SMILES string of the molecule is O=C(c1ccc(-c2ccc3c(c2)CCN(C2CCN(C4CCC4)CC2)C3=O)cc1)N1CCCC1. The first kappa shape index (κ1) is 21.8. The number of fused-ring (bicyclic) bond motifs is 1. The van der Waals surface area contributed by atoms with E-state index in [0.717, 1.165) is 98.7 Å². The third kappa shape index (κ3) is 4.04. The first-order valence-corrected chi connectivity index (χ1v) is 13.2. The Balaban J connectivity index is 1.13. The number of carbonyl (C=O) groups excluding carboxylic acids is 2.